The number of allylic oxidation sites excluding steroid dienone is 1. The van der Waals surface area contributed by atoms with E-state index in [0.717, 1.165) is 16.8 Å². The summed E-state index contributed by atoms with van der Waals surface area (Å²) in [7, 11) is 3.17. The number of hydrogen-bond donors (Lipinski definition) is 2. The number of aryl methyl sites for hydroxylation is 1. The van der Waals surface area contributed by atoms with Gasteiger partial charge in [-0.15, -0.1) is 0 Å². The monoisotopic (exact) mass is 405 g/mol. The van der Waals surface area contributed by atoms with Gasteiger partial charge in [0.05, 0.1) is 19.8 Å². The zero-order valence-corrected chi connectivity index (χ0v) is 17.3. The van der Waals surface area contributed by atoms with Gasteiger partial charge < -0.3 is 20.1 Å². The van der Waals surface area contributed by atoms with Gasteiger partial charge in [0.25, 0.3) is 5.91 Å². The molecular formula is C22H23N5O3. The molecule has 2 heterocycles. The van der Waals surface area contributed by atoms with E-state index >= 15 is 0 Å². The molecule has 0 unspecified atom stereocenters. The molecule has 1 aliphatic heterocycles. The van der Waals surface area contributed by atoms with Gasteiger partial charge in [0.1, 0.15) is 12.4 Å². The summed E-state index contributed by atoms with van der Waals surface area (Å²) >= 11 is 0. The van der Waals surface area contributed by atoms with Crippen molar-refractivity contribution < 1.29 is 14.3 Å². The summed E-state index contributed by atoms with van der Waals surface area (Å²) in [6.07, 6.45) is 1.46. The molecule has 0 saturated heterocycles. The minimum Gasteiger partial charge on any atom is -0.493 e. The lowest BCUT2D eigenvalue weighted by atomic mass is 9.94. The van der Waals surface area contributed by atoms with E-state index in [1.165, 1.54) is 6.33 Å². The van der Waals surface area contributed by atoms with E-state index in [1.807, 2.05) is 56.3 Å². The second-order valence-electron chi connectivity index (χ2n) is 7.03. The summed E-state index contributed by atoms with van der Waals surface area (Å²) in [5, 5.41) is 10.5. The number of rotatable bonds is 5. The molecule has 154 valence electrons. The summed E-state index contributed by atoms with van der Waals surface area (Å²) in [6, 6.07) is 12.8. The Kier molecular flexibility index (Phi) is 5.14. The maximum absolute atomic E-state index is 13.3. The standard InChI is InChI=1S/C22H23N5O3/c1-13-5-8-16(9-6-13)26-21(28)19-14(2)25-22-23-12-24-27(22)20(19)15-7-10-17(29-3)18(11-15)30-4/h5-12,20H,1-4H3,(H,26,28)(H,23,24,25)/t20-/m1/s1. The predicted molar refractivity (Wildman–Crippen MR) is 114 cm³/mol. The van der Waals surface area contributed by atoms with Crippen molar-refractivity contribution in [2.75, 3.05) is 24.9 Å². The van der Waals surface area contributed by atoms with E-state index < -0.39 is 6.04 Å². The predicted octanol–water partition coefficient (Wildman–Crippen LogP) is 3.53. The van der Waals surface area contributed by atoms with Crippen molar-refractivity contribution in [2.24, 2.45) is 0 Å². The van der Waals surface area contributed by atoms with Gasteiger partial charge in [-0.05, 0) is 43.7 Å². The molecule has 0 spiro atoms. The Labute approximate surface area is 174 Å². The highest BCUT2D eigenvalue weighted by molar-refractivity contribution is 6.06. The summed E-state index contributed by atoms with van der Waals surface area (Å²) in [4.78, 5) is 17.6. The molecule has 2 N–H and O–H groups in total. The minimum atomic E-state index is -0.478. The fourth-order valence-electron chi connectivity index (χ4n) is 3.55. The molecule has 0 fully saturated rings. The van der Waals surface area contributed by atoms with Gasteiger partial charge in [0, 0.05) is 11.4 Å². The lowest BCUT2D eigenvalue weighted by Gasteiger charge is -2.29. The van der Waals surface area contributed by atoms with Crippen LogP contribution in [0, 0.1) is 6.92 Å². The molecule has 1 aromatic heterocycles. The lowest BCUT2D eigenvalue weighted by molar-refractivity contribution is -0.113. The van der Waals surface area contributed by atoms with E-state index in [9.17, 15) is 4.79 Å². The fourth-order valence-corrected chi connectivity index (χ4v) is 3.55. The topological polar surface area (TPSA) is 90.3 Å². The number of nitrogens with one attached hydrogen (secondary N) is 2. The molecule has 3 aromatic rings. The molecule has 4 rings (SSSR count). The lowest BCUT2D eigenvalue weighted by Crippen LogP contribution is -2.31. The van der Waals surface area contributed by atoms with Crippen LogP contribution in [0.5, 0.6) is 11.5 Å². The second-order valence-corrected chi connectivity index (χ2v) is 7.03. The van der Waals surface area contributed by atoms with Gasteiger partial charge in [0.15, 0.2) is 11.5 Å². The highest BCUT2D eigenvalue weighted by Gasteiger charge is 2.34. The third-order valence-electron chi connectivity index (χ3n) is 5.07. The highest BCUT2D eigenvalue weighted by atomic mass is 16.5. The van der Waals surface area contributed by atoms with Gasteiger partial charge in [0.2, 0.25) is 5.95 Å². The van der Waals surface area contributed by atoms with Crippen LogP contribution >= 0.6 is 0 Å². The molecule has 2 aromatic carbocycles. The van der Waals surface area contributed by atoms with E-state index in [0.29, 0.717) is 28.7 Å². The van der Waals surface area contributed by atoms with Gasteiger partial charge in [-0.25, -0.2) is 4.68 Å². The third-order valence-corrected chi connectivity index (χ3v) is 5.07. The normalized spacial score (nSPS) is 15.3. The van der Waals surface area contributed by atoms with Crippen molar-refractivity contribution in [3.8, 4) is 11.5 Å². The molecule has 1 atom stereocenters. The largest absolute Gasteiger partial charge is 0.493 e. The Hall–Kier alpha value is -3.81. The summed E-state index contributed by atoms with van der Waals surface area (Å²) in [5.74, 6) is 1.54. The number of nitrogens with zero attached hydrogens (tertiary/aromatic N) is 3. The van der Waals surface area contributed by atoms with E-state index in [1.54, 1.807) is 18.9 Å². The Bertz CT molecular complexity index is 1120. The van der Waals surface area contributed by atoms with Crippen LogP contribution in [0.4, 0.5) is 11.6 Å². The number of hydrogen-bond acceptors (Lipinski definition) is 6. The first kappa shape index (κ1) is 19.5. The van der Waals surface area contributed by atoms with E-state index in [-0.39, 0.29) is 5.91 Å². The van der Waals surface area contributed by atoms with Crippen molar-refractivity contribution in [1.82, 2.24) is 14.8 Å². The Morgan fingerprint density at radius 3 is 2.50 bits per heavy atom. The van der Waals surface area contributed by atoms with E-state index in [2.05, 4.69) is 20.7 Å². The van der Waals surface area contributed by atoms with Crippen LogP contribution in [-0.4, -0.2) is 34.9 Å². The SMILES string of the molecule is COc1ccc([C@@H]2C(C(=O)Nc3ccc(C)cc3)=C(C)Nc3ncnn32)cc1OC. The van der Waals surface area contributed by atoms with Crippen LogP contribution in [0.2, 0.25) is 0 Å². The third kappa shape index (κ3) is 3.47. The van der Waals surface area contributed by atoms with Crippen molar-refractivity contribution >= 4 is 17.5 Å². The number of carbonyl (C=O) groups excluding carboxylic acids is 1. The van der Waals surface area contributed by atoms with Gasteiger partial charge in [-0.2, -0.15) is 10.1 Å². The Morgan fingerprint density at radius 1 is 1.07 bits per heavy atom. The number of methoxy groups -OCH3 is 2. The van der Waals surface area contributed by atoms with Crippen LogP contribution in [0.1, 0.15) is 24.1 Å². The summed E-state index contributed by atoms with van der Waals surface area (Å²) < 4.78 is 12.5. The minimum absolute atomic E-state index is 0.218. The molecule has 0 aliphatic carbocycles. The van der Waals surface area contributed by atoms with Gasteiger partial charge in [-0.3, -0.25) is 4.79 Å². The molecule has 1 aliphatic rings. The van der Waals surface area contributed by atoms with Crippen molar-refractivity contribution in [1.29, 1.82) is 0 Å². The number of anilines is 2. The molecular weight excluding hydrogens is 382 g/mol. The smallest absolute Gasteiger partial charge is 0.255 e. The zero-order valence-electron chi connectivity index (χ0n) is 17.3. The van der Waals surface area contributed by atoms with Gasteiger partial charge >= 0.3 is 0 Å². The first-order valence-corrected chi connectivity index (χ1v) is 9.49. The summed E-state index contributed by atoms with van der Waals surface area (Å²) in [5.41, 5.74) is 3.93. The molecule has 1 amide bonds. The molecule has 0 bridgehead atoms. The van der Waals surface area contributed by atoms with Crippen molar-refractivity contribution in [3.05, 3.63) is 71.2 Å². The van der Waals surface area contributed by atoms with E-state index in [4.69, 9.17) is 9.47 Å². The number of amides is 1. The number of benzene rings is 2. The van der Waals surface area contributed by atoms with Crippen LogP contribution in [0.25, 0.3) is 0 Å². The molecule has 30 heavy (non-hydrogen) atoms. The quantitative estimate of drug-likeness (QED) is 0.675. The molecule has 8 nitrogen and oxygen atoms in total. The zero-order chi connectivity index (χ0) is 21.3. The summed E-state index contributed by atoms with van der Waals surface area (Å²) in [6.45, 7) is 3.86. The first-order valence-electron chi connectivity index (χ1n) is 9.49. The van der Waals surface area contributed by atoms with Crippen LogP contribution < -0.4 is 20.1 Å². The average molecular weight is 405 g/mol. The second kappa shape index (κ2) is 7.90. The van der Waals surface area contributed by atoms with Crippen LogP contribution in [0.15, 0.2) is 60.1 Å². The molecule has 0 saturated carbocycles. The Balaban J connectivity index is 1.77. The van der Waals surface area contributed by atoms with Crippen molar-refractivity contribution in [3.63, 3.8) is 0 Å². The Morgan fingerprint density at radius 2 is 1.80 bits per heavy atom. The maximum Gasteiger partial charge on any atom is 0.255 e. The number of fused-ring (bicyclic) bond motifs is 1. The molecule has 0 radical (unpaired) electrons. The fraction of sp³-hybridized carbons (Fsp3) is 0.227. The number of ether oxygens (including phenoxy) is 2. The highest BCUT2D eigenvalue weighted by Crippen LogP contribution is 2.38. The average Bonchev–Trinajstić information content (AvgIpc) is 3.21. The maximum atomic E-state index is 13.3. The molecule has 8 heteroatoms. The number of carbonyl (C=O) groups is 1. The van der Waals surface area contributed by atoms with Crippen LogP contribution in [-0.2, 0) is 4.79 Å². The van der Waals surface area contributed by atoms with Gasteiger partial charge in [-0.1, -0.05) is 23.8 Å². The van der Waals surface area contributed by atoms with Crippen LogP contribution in [0.3, 0.4) is 0 Å². The van der Waals surface area contributed by atoms with Crippen molar-refractivity contribution in [2.45, 2.75) is 19.9 Å². The first-order chi connectivity index (χ1) is 14.5. The number of aromatic nitrogens is 3.